The molecule has 0 amide bonds. The maximum Gasteiger partial charge on any atom is 0.168 e. The topological polar surface area (TPSA) is 50.1 Å². The summed E-state index contributed by atoms with van der Waals surface area (Å²) in [6, 6.07) is 11.5. The van der Waals surface area contributed by atoms with E-state index in [9.17, 15) is 0 Å². The van der Waals surface area contributed by atoms with Crippen LogP contribution in [-0.2, 0) is 0 Å². The van der Waals surface area contributed by atoms with Crippen LogP contribution in [0.5, 0.6) is 0 Å². The zero-order valence-electron chi connectivity index (χ0n) is 16.0. The number of para-hydroxylation sites is 1. The first-order valence-corrected chi connectivity index (χ1v) is 10.1. The molecular formula is C20H30N6. The Morgan fingerprint density at radius 2 is 1.65 bits per heavy atom. The lowest BCUT2D eigenvalue weighted by atomic mass is 10.00. The number of piperazine rings is 1. The molecule has 2 fully saturated rings. The number of hydrogen-bond donors (Lipinski definition) is 0. The molecular weight excluding hydrogens is 324 g/mol. The second kappa shape index (κ2) is 7.74. The van der Waals surface area contributed by atoms with E-state index in [1.165, 1.54) is 31.4 Å². The normalized spacial score (nSPS) is 20.8. The van der Waals surface area contributed by atoms with E-state index in [1.54, 1.807) is 0 Å². The Morgan fingerprint density at radius 1 is 0.962 bits per heavy atom. The second-order valence-corrected chi connectivity index (χ2v) is 7.97. The van der Waals surface area contributed by atoms with E-state index in [1.807, 2.05) is 0 Å². The van der Waals surface area contributed by atoms with Crippen molar-refractivity contribution < 1.29 is 0 Å². The minimum Gasteiger partial charge on any atom is -0.369 e. The summed E-state index contributed by atoms with van der Waals surface area (Å²) in [4.78, 5) is 5.06. The van der Waals surface area contributed by atoms with Gasteiger partial charge in [-0.15, -0.1) is 5.10 Å². The van der Waals surface area contributed by atoms with Gasteiger partial charge in [0, 0.05) is 31.9 Å². The molecule has 0 unspecified atom stereocenters. The predicted octanol–water partition coefficient (Wildman–Crippen LogP) is 3.31. The van der Waals surface area contributed by atoms with Crippen LogP contribution in [0.4, 0.5) is 5.69 Å². The highest BCUT2D eigenvalue weighted by Gasteiger charge is 2.33. The Labute approximate surface area is 156 Å². The number of rotatable bonds is 5. The maximum atomic E-state index is 4.48. The van der Waals surface area contributed by atoms with Crippen LogP contribution in [0.2, 0.25) is 0 Å². The SMILES string of the molecule is CC(C)[C@H](c1nnnn1C1CCCC1)N1CCN(c2ccccc2)CC1. The van der Waals surface area contributed by atoms with Crippen LogP contribution in [0, 0.1) is 5.92 Å². The Balaban J connectivity index is 1.49. The van der Waals surface area contributed by atoms with Gasteiger partial charge in [-0.25, -0.2) is 4.68 Å². The average molecular weight is 355 g/mol. The predicted molar refractivity (Wildman–Crippen MR) is 103 cm³/mol. The van der Waals surface area contributed by atoms with Crippen molar-refractivity contribution in [1.82, 2.24) is 25.1 Å². The van der Waals surface area contributed by atoms with Gasteiger partial charge in [-0.1, -0.05) is 44.9 Å². The molecule has 4 rings (SSSR count). The molecule has 26 heavy (non-hydrogen) atoms. The lowest BCUT2D eigenvalue weighted by Crippen LogP contribution is -2.49. The molecule has 0 spiro atoms. The van der Waals surface area contributed by atoms with Gasteiger partial charge in [-0.05, 0) is 41.3 Å². The molecule has 1 saturated carbocycles. The molecule has 2 aromatic rings. The molecule has 6 nitrogen and oxygen atoms in total. The molecule has 0 radical (unpaired) electrons. The lowest BCUT2D eigenvalue weighted by molar-refractivity contribution is 0.132. The van der Waals surface area contributed by atoms with Gasteiger partial charge in [-0.3, -0.25) is 4.90 Å². The van der Waals surface area contributed by atoms with Gasteiger partial charge in [0.05, 0.1) is 12.1 Å². The van der Waals surface area contributed by atoms with Crippen molar-refractivity contribution in [1.29, 1.82) is 0 Å². The molecule has 6 heteroatoms. The Kier molecular flexibility index (Phi) is 5.20. The number of hydrogen-bond acceptors (Lipinski definition) is 5. The average Bonchev–Trinajstić information content (AvgIpc) is 3.34. The van der Waals surface area contributed by atoms with E-state index in [0.29, 0.717) is 18.0 Å². The summed E-state index contributed by atoms with van der Waals surface area (Å²) in [5.41, 5.74) is 1.32. The van der Waals surface area contributed by atoms with Crippen molar-refractivity contribution in [2.45, 2.75) is 51.6 Å². The zero-order valence-corrected chi connectivity index (χ0v) is 16.0. The Bertz CT molecular complexity index is 683. The van der Waals surface area contributed by atoms with Gasteiger partial charge >= 0.3 is 0 Å². The summed E-state index contributed by atoms with van der Waals surface area (Å²) in [6.45, 7) is 8.80. The molecule has 0 N–H and O–H groups in total. The molecule has 1 aliphatic heterocycles. The fourth-order valence-corrected chi connectivity index (χ4v) is 4.58. The van der Waals surface area contributed by atoms with Crippen LogP contribution < -0.4 is 4.90 Å². The fourth-order valence-electron chi connectivity index (χ4n) is 4.58. The quantitative estimate of drug-likeness (QED) is 0.824. The van der Waals surface area contributed by atoms with Crippen LogP contribution in [0.1, 0.15) is 57.4 Å². The maximum absolute atomic E-state index is 4.48. The fraction of sp³-hybridized carbons (Fsp3) is 0.650. The number of nitrogens with zero attached hydrogens (tertiary/aromatic N) is 6. The van der Waals surface area contributed by atoms with Gasteiger partial charge in [-0.2, -0.15) is 0 Å². The van der Waals surface area contributed by atoms with Gasteiger partial charge in [0.2, 0.25) is 0 Å². The van der Waals surface area contributed by atoms with Crippen LogP contribution >= 0.6 is 0 Å². The summed E-state index contributed by atoms with van der Waals surface area (Å²) in [5.74, 6) is 1.56. The van der Waals surface area contributed by atoms with E-state index < -0.39 is 0 Å². The highest BCUT2D eigenvalue weighted by Crippen LogP contribution is 2.34. The molecule has 1 aliphatic carbocycles. The third-order valence-electron chi connectivity index (χ3n) is 5.91. The van der Waals surface area contributed by atoms with E-state index in [2.05, 4.69) is 74.2 Å². The van der Waals surface area contributed by atoms with Crippen molar-refractivity contribution in [3.05, 3.63) is 36.2 Å². The molecule has 1 atom stereocenters. The van der Waals surface area contributed by atoms with Crippen molar-refractivity contribution in [3.63, 3.8) is 0 Å². The van der Waals surface area contributed by atoms with Crippen LogP contribution in [0.15, 0.2) is 30.3 Å². The van der Waals surface area contributed by atoms with E-state index >= 15 is 0 Å². The van der Waals surface area contributed by atoms with Crippen molar-refractivity contribution in [2.24, 2.45) is 5.92 Å². The van der Waals surface area contributed by atoms with Gasteiger partial charge < -0.3 is 4.90 Å². The van der Waals surface area contributed by atoms with Crippen LogP contribution in [-0.4, -0.2) is 51.3 Å². The van der Waals surface area contributed by atoms with Crippen molar-refractivity contribution in [2.75, 3.05) is 31.1 Å². The van der Waals surface area contributed by atoms with E-state index in [0.717, 1.165) is 32.0 Å². The molecule has 1 aromatic carbocycles. The summed E-state index contributed by atoms with van der Waals surface area (Å²) < 4.78 is 2.14. The summed E-state index contributed by atoms with van der Waals surface area (Å²) in [6.07, 6.45) is 5.02. The minimum absolute atomic E-state index is 0.295. The van der Waals surface area contributed by atoms with Crippen LogP contribution in [0.3, 0.4) is 0 Å². The minimum atomic E-state index is 0.295. The second-order valence-electron chi connectivity index (χ2n) is 7.97. The molecule has 1 saturated heterocycles. The number of benzene rings is 1. The monoisotopic (exact) mass is 354 g/mol. The Hall–Kier alpha value is -1.95. The first-order chi connectivity index (χ1) is 12.7. The van der Waals surface area contributed by atoms with Gasteiger partial charge in [0.25, 0.3) is 0 Å². The first-order valence-electron chi connectivity index (χ1n) is 10.1. The summed E-state index contributed by atoms with van der Waals surface area (Å²) in [7, 11) is 0. The van der Waals surface area contributed by atoms with Crippen LogP contribution in [0.25, 0.3) is 0 Å². The smallest absolute Gasteiger partial charge is 0.168 e. The third kappa shape index (κ3) is 3.47. The number of anilines is 1. The molecule has 2 aliphatic rings. The van der Waals surface area contributed by atoms with E-state index in [-0.39, 0.29) is 0 Å². The van der Waals surface area contributed by atoms with Gasteiger partial charge in [0.1, 0.15) is 0 Å². The van der Waals surface area contributed by atoms with E-state index in [4.69, 9.17) is 0 Å². The third-order valence-corrected chi connectivity index (χ3v) is 5.91. The lowest BCUT2D eigenvalue weighted by Gasteiger charge is -2.41. The number of aromatic nitrogens is 4. The standard InChI is InChI=1S/C20H30N6/c1-16(2)19(20-21-22-23-26(20)18-10-6-7-11-18)25-14-12-24(13-15-25)17-8-4-3-5-9-17/h3-5,8-9,16,18-19H,6-7,10-15H2,1-2H3/t19-/m1/s1. The molecule has 140 valence electrons. The summed E-state index contributed by atoms with van der Waals surface area (Å²) >= 11 is 0. The number of tetrazole rings is 1. The Morgan fingerprint density at radius 3 is 2.31 bits per heavy atom. The van der Waals surface area contributed by atoms with Crippen molar-refractivity contribution in [3.8, 4) is 0 Å². The summed E-state index contributed by atoms with van der Waals surface area (Å²) in [5, 5.41) is 12.9. The largest absolute Gasteiger partial charge is 0.369 e. The molecule has 0 bridgehead atoms. The van der Waals surface area contributed by atoms with Gasteiger partial charge in [0.15, 0.2) is 5.82 Å². The molecule has 1 aromatic heterocycles. The zero-order chi connectivity index (χ0) is 17.9. The molecule has 2 heterocycles. The highest BCUT2D eigenvalue weighted by atomic mass is 15.6. The highest BCUT2D eigenvalue weighted by molar-refractivity contribution is 5.46. The first kappa shape index (κ1) is 17.5. The van der Waals surface area contributed by atoms with Crippen molar-refractivity contribution >= 4 is 5.69 Å².